The highest BCUT2D eigenvalue weighted by Crippen LogP contribution is 2.34. The topological polar surface area (TPSA) is 46.2 Å². The standard InChI is InChI=1S/C16H23NO2S/c1-12-6-2-3-7-13(12)10-17-15-11-20(18,19)16-9-5-4-8-14(15)16/h4-5,8-9,12-13,15,17H,2-3,6-7,10-11H2,1H3. The Morgan fingerprint density at radius 2 is 1.95 bits per heavy atom. The molecule has 3 rings (SSSR count). The molecule has 1 N–H and O–H groups in total. The summed E-state index contributed by atoms with van der Waals surface area (Å²) in [5.41, 5.74) is 0.955. The van der Waals surface area contributed by atoms with Crippen molar-refractivity contribution in [3.63, 3.8) is 0 Å². The van der Waals surface area contributed by atoms with Crippen LogP contribution in [-0.4, -0.2) is 20.7 Å². The zero-order chi connectivity index (χ0) is 14.2. The van der Waals surface area contributed by atoms with E-state index in [9.17, 15) is 8.42 Å². The summed E-state index contributed by atoms with van der Waals surface area (Å²) >= 11 is 0. The highest BCUT2D eigenvalue weighted by atomic mass is 32.2. The molecule has 1 aliphatic heterocycles. The smallest absolute Gasteiger partial charge is 0.180 e. The second-order valence-electron chi connectivity index (χ2n) is 6.30. The van der Waals surface area contributed by atoms with Crippen LogP contribution in [0.4, 0.5) is 0 Å². The predicted molar refractivity (Wildman–Crippen MR) is 80.4 cm³/mol. The molecule has 1 aromatic carbocycles. The number of nitrogens with one attached hydrogen (secondary N) is 1. The molecular weight excluding hydrogens is 270 g/mol. The molecule has 3 atom stereocenters. The maximum Gasteiger partial charge on any atom is 0.180 e. The molecule has 1 fully saturated rings. The van der Waals surface area contributed by atoms with Crippen molar-refractivity contribution in [3.8, 4) is 0 Å². The number of hydrogen-bond donors (Lipinski definition) is 1. The number of fused-ring (bicyclic) bond motifs is 1. The Morgan fingerprint density at radius 3 is 2.75 bits per heavy atom. The van der Waals surface area contributed by atoms with Gasteiger partial charge in [-0.3, -0.25) is 0 Å². The average Bonchev–Trinajstić information content (AvgIpc) is 2.70. The van der Waals surface area contributed by atoms with Crippen LogP contribution in [0, 0.1) is 11.8 Å². The van der Waals surface area contributed by atoms with E-state index in [2.05, 4.69) is 12.2 Å². The summed E-state index contributed by atoms with van der Waals surface area (Å²) in [6, 6.07) is 7.39. The molecule has 1 aliphatic carbocycles. The van der Waals surface area contributed by atoms with Crippen LogP contribution in [-0.2, 0) is 9.84 Å². The minimum absolute atomic E-state index is 0.0228. The molecule has 3 nitrogen and oxygen atoms in total. The van der Waals surface area contributed by atoms with E-state index in [-0.39, 0.29) is 11.8 Å². The fraction of sp³-hybridized carbons (Fsp3) is 0.625. The third kappa shape index (κ3) is 2.63. The highest BCUT2D eigenvalue weighted by Gasteiger charge is 2.34. The van der Waals surface area contributed by atoms with Crippen LogP contribution in [0.3, 0.4) is 0 Å². The average molecular weight is 293 g/mol. The Bertz CT molecular complexity index is 582. The first-order valence-corrected chi connectivity index (χ1v) is 9.28. The van der Waals surface area contributed by atoms with Gasteiger partial charge in [0.1, 0.15) is 0 Å². The van der Waals surface area contributed by atoms with Gasteiger partial charge >= 0.3 is 0 Å². The zero-order valence-corrected chi connectivity index (χ0v) is 12.8. The van der Waals surface area contributed by atoms with Gasteiger partial charge in [0, 0.05) is 6.04 Å². The van der Waals surface area contributed by atoms with Crippen molar-refractivity contribution < 1.29 is 8.42 Å². The quantitative estimate of drug-likeness (QED) is 0.932. The Balaban J connectivity index is 1.70. The number of hydrogen-bond acceptors (Lipinski definition) is 3. The van der Waals surface area contributed by atoms with Gasteiger partial charge in [-0.25, -0.2) is 8.42 Å². The summed E-state index contributed by atoms with van der Waals surface area (Å²) < 4.78 is 24.3. The van der Waals surface area contributed by atoms with Crippen LogP contribution in [0.15, 0.2) is 29.2 Å². The molecule has 0 bridgehead atoms. The molecule has 0 amide bonds. The van der Waals surface area contributed by atoms with Crippen LogP contribution in [0.25, 0.3) is 0 Å². The molecule has 0 saturated heterocycles. The van der Waals surface area contributed by atoms with E-state index in [1.54, 1.807) is 6.07 Å². The SMILES string of the molecule is CC1CCCCC1CNC1CS(=O)(=O)c2ccccc21. The normalized spacial score (nSPS) is 31.9. The van der Waals surface area contributed by atoms with E-state index in [4.69, 9.17) is 0 Å². The highest BCUT2D eigenvalue weighted by molar-refractivity contribution is 7.91. The van der Waals surface area contributed by atoms with Crippen LogP contribution in [0.2, 0.25) is 0 Å². The van der Waals surface area contributed by atoms with E-state index < -0.39 is 9.84 Å². The van der Waals surface area contributed by atoms with Crippen LogP contribution < -0.4 is 5.32 Å². The van der Waals surface area contributed by atoms with Crippen molar-refractivity contribution in [2.75, 3.05) is 12.3 Å². The molecule has 20 heavy (non-hydrogen) atoms. The first kappa shape index (κ1) is 14.1. The fourth-order valence-corrected chi connectivity index (χ4v) is 5.38. The largest absolute Gasteiger partial charge is 0.309 e. The summed E-state index contributed by atoms with van der Waals surface area (Å²) in [5.74, 6) is 1.66. The fourth-order valence-electron chi connectivity index (χ4n) is 3.61. The van der Waals surface area contributed by atoms with Gasteiger partial charge in [0.15, 0.2) is 9.84 Å². The molecule has 1 heterocycles. The summed E-state index contributed by atoms with van der Waals surface area (Å²) in [6.45, 7) is 3.26. The number of sulfone groups is 1. The first-order valence-electron chi connectivity index (χ1n) is 7.63. The van der Waals surface area contributed by atoms with E-state index in [1.165, 1.54) is 25.7 Å². The van der Waals surface area contributed by atoms with Crippen molar-refractivity contribution >= 4 is 9.84 Å². The third-order valence-electron chi connectivity index (χ3n) is 4.93. The zero-order valence-electron chi connectivity index (χ0n) is 12.0. The van der Waals surface area contributed by atoms with Gasteiger partial charge in [-0.05, 0) is 36.4 Å². The Morgan fingerprint density at radius 1 is 1.20 bits per heavy atom. The maximum atomic E-state index is 12.1. The maximum absolute atomic E-state index is 12.1. The van der Waals surface area contributed by atoms with Crippen molar-refractivity contribution in [2.45, 2.75) is 43.5 Å². The van der Waals surface area contributed by atoms with Crippen LogP contribution >= 0.6 is 0 Å². The minimum Gasteiger partial charge on any atom is -0.309 e. The summed E-state index contributed by atoms with van der Waals surface area (Å²) in [5, 5.41) is 3.51. The molecular formula is C16H23NO2S. The Kier molecular flexibility index (Phi) is 3.87. The molecule has 0 radical (unpaired) electrons. The van der Waals surface area contributed by atoms with Gasteiger partial charge in [0.05, 0.1) is 10.6 Å². The second-order valence-corrected chi connectivity index (χ2v) is 8.30. The number of benzene rings is 1. The van der Waals surface area contributed by atoms with Crippen molar-refractivity contribution in [2.24, 2.45) is 11.8 Å². The summed E-state index contributed by atoms with van der Waals surface area (Å²) in [4.78, 5) is 0.522. The molecule has 0 spiro atoms. The molecule has 1 saturated carbocycles. The van der Waals surface area contributed by atoms with Gasteiger partial charge < -0.3 is 5.32 Å². The molecule has 4 heteroatoms. The van der Waals surface area contributed by atoms with Crippen LogP contribution in [0.1, 0.15) is 44.2 Å². The molecule has 110 valence electrons. The summed E-state index contributed by atoms with van der Waals surface area (Å²) in [6.07, 6.45) is 5.25. The number of rotatable bonds is 3. The minimum atomic E-state index is -3.08. The molecule has 0 aromatic heterocycles. The van der Waals surface area contributed by atoms with E-state index in [1.807, 2.05) is 18.2 Å². The van der Waals surface area contributed by atoms with Gasteiger partial charge in [0.2, 0.25) is 0 Å². The van der Waals surface area contributed by atoms with Crippen molar-refractivity contribution in [1.29, 1.82) is 0 Å². The lowest BCUT2D eigenvalue weighted by atomic mass is 9.80. The summed E-state index contributed by atoms with van der Waals surface area (Å²) in [7, 11) is -3.08. The molecule has 1 aromatic rings. The third-order valence-corrected chi connectivity index (χ3v) is 6.75. The Labute approximate surface area is 121 Å². The van der Waals surface area contributed by atoms with E-state index in [0.29, 0.717) is 10.8 Å². The monoisotopic (exact) mass is 293 g/mol. The van der Waals surface area contributed by atoms with E-state index in [0.717, 1.165) is 18.0 Å². The lowest BCUT2D eigenvalue weighted by Gasteiger charge is -2.30. The van der Waals surface area contributed by atoms with Gasteiger partial charge in [-0.15, -0.1) is 0 Å². The van der Waals surface area contributed by atoms with E-state index >= 15 is 0 Å². The lowest BCUT2D eigenvalue weighted by molar-refractivity contribution is 0.243. The van der Waals surface area contributed by atoms with Crippen LogP contribution in [0.5, 0.6) is 0 Å². The lowest BCUT2D eigenvalue weighted by Crippen LogP contribution is -2.32. The second kappa shape index (κ2) is 5.49. The molecule has 3 unspecified atom stereocenters. The van der Waals surface area contributed by atoms with Crippen molar-refractivity contribution in [1.82, 2.24) is 5.32 Å². The van der Waals surface area contributed by atoms with Crippen molar-refractivity contribution in [3.05, 3.63) is 29.8 Å². The van der Waals surface area contributed by atoms with Gasteiger partial charge in [-0.1, -0.05) is 44.4 Å². The molecule has 2 aliphatic rings. The van der Waals surface area contributed by atoms with Gasteiger partial charge in [-0.2, -0.15) is 0 Å². The predicted octanol–water partition coefficient (Wildman–Crippen LogP) is 2.93. The van der Waals surface area contributed by atoms with Gasteiger partial charge in [0.25, 0.3) is 0 Å². The Hall–Kier alpha value is -0.870. The first-order chi connectivity index (χ1) is 9.58.